The highest BCUT2D eigenvalue weighted by molar-refractivity contribution is 6.18. The van der Waals surface area contributed by atoms with Gasteiger partial charge in [0.25, 0.3) is 0 Å². The van der Waals surface area contributed by atoms with Crippen LogP contribution in [0.3, 0.4) is 0 Å². The summed E-state index contributed by atoms with van der Waals surface area (Å²) < 4.78 is 0. The molecule has 0 aromatic heterocycles. The molecule has 4 rings (SSSR count). The van der Waals surface area contributed by atoms with Gasteiger partial charge >= 0.3 is 0 Å². The van der Waals surface area contributed by atoms with E-state index in [1.165, 1.54) is 21.5 Å². The first-order valence-electron chi connectivity index (χ1n) is 6.43. The van der Waals surface area contributed by atoms with Crippen LogP contribution in [0.2, 0.25) is 0 Å². The Labute approximate surface area is 111 Å². The molecule has 0 saturated heterocycles. The Hall–Kier alpha value is -2.54. The Morgan fingerprint density at radius 1 is 0.526 bits per heavy atom. The number of hydrogen-bond acceptors (Lipinski definition) is 1. The summed E-state index contributed by atoms with van der Waals surface area (Å²) in [5.74, 6) is 0. The fourth-order valence-corrected chi connectivity index (χ4v) is 2.85. The molecule has 2 N–H and O–H groups in total. The van der Waals surface area contributed by atoms with Gasteiger partial charge in [0.15, 0.2) is 0 Å². The van der Waals surface area contributed by atoms with Crippen LogP contribution in [-0.4, -0.2) is 0 Å². The van der Waals surface area contributed by atoms with Crippen molar-refractivity contribution in [1.29, 1.82) is 0 Å². The Balaban J connectivity index is 2.32. The molecule has 90 valence electrons. The van der Waals surface area contributed by atoms with Gasteiger partial charge in [-0.25, -0.2) is 0 Å². The van der Waals surface area contributed by atoms with Crippen molar-refractivity contribution in [1.82, 2.24) is 0 Å². The zero-order chi connectivity index (χ0) is 12.8. The number of benzene rings is 4. The van der Waals surface area contributed by atoms with Crippen LogP contribution in [0.25, 0.3) is 32.3 Å². The van der Waals surface area contributed by atoms with Gasteiger partial charge < -0.3 is 5.73 Å². The van der Waals surface area contributed by atoms with Crippen molar-refractivity contribution in [3.05, 3.63) is 66.7 Å². The Morgan fingerprint density at radius 2 is 1.21 bits per heavy atom. The van der Waals surface area contributed by atoms with Crippen LogP contribution >= 0.6 is 0 Å². The second-order valence-corrected chi connectivity index (χ2v) is 4.89. The van der Waals surface area contributed by atoms with Crippen LogP contribution in [0.15, 0.2) is 66.7 Å². The van der Waals surface area contributed by atoms with E-state index in [1.807, 2.05) is 6.07 Å². The van der Waals surface area contributed by atoms with E-state index >= 15 is 0 Å². The second kappa shape index (κ2) is 3.72. The average Bonchev–Trinajstić information content (AvgIpc) is 2.47. The van der Waals surface area contributed by atoms with E-state index in [1.54, 1.807) is 0 Å². The third-order valence-corrected chi connectivity index (χ3v) is 3.81. The van der Waals surface area contributed by atoms with Crippen molar-refractivity contribution < 1.29 is 0 Å². The van der Waals surface area contributed by atoms with Crippen LogP contribution in [0, 0.1) is 0 Å². The van der Waals surface area contributed by atoms with E-state index in [0.29, 0.717) is 0 Å². The Bertz CT molecular complexity index is 922. The normalized spacial score (nSPS) is 11.4. The molecule has 0 saturated carbocycles. The van der Waals surface area contributed by atoms with Crippen molar-refractivity contribution in [2.24, 2.45) is 0 Å². The van der Waals surface area contributed by atoms with Crippen molar-refractivity contribution >= 4 is 38.0 Å². The average molecular weight is 243 g/mol. The highest BCUT2D eigenvalue weighted by Crippen LogP contribution is 2.34. The Morgan fingerprint density at radius 3 is 2.05 bits per heavy atom. The third-order valence-electron chi connectivity index (χ3n) is 3.81. The monoisotopic (exact) mass is 243 g/mol. The molecule has 0 atom stereocenters. The zero-order valence-corrected chi connectivity index (χ0v) is 10.4. The van der Waals surface area contributed by atoms with Gasteiger partial charge in [-0.05, 0) is 27.6 Å². The van der Waals surface area contributed by atoms with Crippen molar-refractivity contribution in [3.8, 4) is 0 Å². The van der Waals surface area contributed by atoms with E-state index in [9.17, 15) is 0 Å². The van der Waals surface area contributed by atoms with Gasteiger partial charge in [-0.1, -0.05) is 60.7 Å². The van der Waals surface area contributed by atoms with Crippen molar-refractivity contribution in [3.63, 3.8) is 0 Å². The predicted octanol–water partition coefficient (Wildman–Crippen LogP) is 4.73. The number of hydrogen-bond donors (Lipinski definition) is 1. The lowest BCUT2D eigenvalue weighted by Gasteiger charge is -2.10. The second-order valence-electron chi connectivity index (χ2n) is 4.89. The van der Waals surface area contributed by atoms with Crippen LogP contribution in [0.1, 0.15) is 0 Å². The van der Waals surface area contributed by atoms with Gasteiger partial charge in [-0.3, -0.25) is 0 Å². The van der Waals surface area contributed by atoms with Crippen LogP contribution < -0.4 is 5.73 Å². The lowest BCUT2D eigenvalue weighted by molar-refractivity contribution is 1.76. The molecule has 0 heterocycles. The summed E-state index contributed by atoms with van der Waals surface area (Å²) >= 11 is 0. The quantitative estimate of drug-likeness (QED) is 0.270. The summed E-state index contributed by atoms with van der Waals surface area (Å²) in [5, 5.41) is 7.21. The molecule has 0 radical (unpaired) electrons. The van der Waals surface area contributed by atoms with Crippen LogP contribution in [-0.2, 0) is 0 Å². The lowest BCUT2D eigenvalue weighted by Crippen LogP contribution is -1.90. The number of anilines is 1. The van der Waals surface area contributed by atoms with Gasteiger partial charge in [-0.2, -0.15) is 0 Å². The van der Waals surface area contributed by atoms with Gasteiger partial charge in [-0.15, -0.1) is 0 Å². The summed E-state index contributed by atoms with van der Waals surface area (Å²) in [7, 11) is 0. The summed E-state index contributed by atoms with van der Waals surface area (Å²) in [4.78, 5) is 0. The molecule has 0 aliphatic carbocycles. The molecule has 0 unspecified atom stereocenters. The first kappa shape index (κ1) is 10.4. The highest BCUT2D eigenvalue weighted by Gasteiger charge is 2.06. The molecule has 0 fully saturated rings. The van der Waals surface area contributed by atoms with Crippen molar-refractivity contribution in [2.45, 2.75) is 0 Å². The number of nitrogen functional groups attached to an aromatic ring is 1. The van der Waals surface area contributed by atoms with E-state index < -0.39 is 0 Å². The molecule has 1 nitrogen and oxygen atoms in total. The molecular formula is C18H13N. The first-order chi connectivity index (χ1) is 9.34. The minimum Gasteiger partial charge on any atom is -0.398 e. The molecule has 1 heteroatoms. The van der Waals surface area contributed by atoms with Crippen LogP contribution in [0.4, 0.5) is 5.69 Å². The maximum Gasteiger partial charge on any atom is 0.0473 e. The Kier molecular flexibility index (Phi) is 2.04. The first-order valence-corrected chi connectivity index (χ1v) is 6.43. The fourth-order valence-electron chi connectivity index (χ4n) is 2.85. The summed E-state index contributed by atoms with van der Waals surface area (Å²) in [6, 6.07) is 23.2. The van der Waals surface area contributed by atoms with E-state index in [0.717, 1.165) is 16.5 Å². The maximum atomic E-state index is 6.35. The van der Waals surface area contributed by atoms with E-state index in [4.69, 9.17) is 5.73 Å². The lowest BCUT2D eigenvalue weighted by atomic mass is 9.97. The molecule has 0 bridgehead atoms. The molecule has 4 aromatic carbocycles. The van der Waals surface area contributed by atoms with Gasteiger partial charge in [0.1, 0.15) is 0 Å². The molecule has 0 amide bonds. The zero-order valence-electron chi connectivity index (χ0n) is 10.4. The molecular weight excluding hydrogens is 230 g/mol. The molecule has 19 heavy (non-hydrogen) atoms. The summed E-state index contributed by atoms with van der Waals surface area (Å²) in [5.41, 5.74) is 7.22. The number of nitrogens with two attached hydrogens (primary N) is 1. The molecule has 0 aliphatic rings. The van der Waals surface area contributed by atoms with E-state index in [2.05, 4.69) is 60.7 Å². The standard InChI is InChI=1S/C18H13N/c19-18-15-8-4-2-6-13(15)11-17-14-7-3-1-5-12(14)9-10-16(17)18/h1-11H,19H2. The van der Waals surface area contributed by atoms with Crippen LogP contribution in [0.5, 0.6) is 0 Å². The molecule has 0 spiro atoms. The predicted molar refractivity (Wildman–Crippen MR) is 83.4 cm³/mol. The number of rotatable bonds is 0. The third kappa shape index (κ3) is 1.42. The highest BCUT2D eigenvalue weighted by atomic mass is 14.6. The van der Waals surface area contributed by atoms with E-state index in [-0.39, 0.29) is 0 Å². The maximum absolute atomic E-state index is 6.35. The molecule has 0 aliphatic heterocycles. The topological polar surface area (TPSA) is 26.0 Å². The largest absolute Gasteiger partial charge is 0.398 e. The van der Waals surface area contributed by atoms with Gasteiger partial charge in [0, 0.05) is 16.5 Å². The minimum absolute atomic E-state index is 0.874. The van der Waals surface area contributed by atoms with Crippen molar-refractivity contribution in [2.75, 3.05) is 5.73 Å². The van der Waals surface area contributed by atoms with Gasteiger partial charge in [0.2, 0.25) is 0 Å². The fraction of sp³-hybridized carbons (Fsp3) is 0. The summed E-state index contributed by atoms with van der Waals surface area (Å²) in [6.07, 6.45) is 0. The SMILES string of the molecule is Nc1c2ccccc2cc2c1ccc1ccccc12. The smallest absolute Gasteiger partial charge is 0.0473 e. The van der Waals surface area contributed by atoms with Gasteiger partial charge in [0.05, 0.1) is 0 Å². The summed E-state index contributed by atoms with van der Waals surface area (Å²) in [6.45, 7) is 0. The minimum atomic E-state index is 0.874. The molecule has 4 aromatic rings. The number of fused-ring (bicyclic) bond motifs is 4.